The zero-order valence-corrected chi connectivity index (χ0v) is 12.0. The number of amides is 1. The summed E-state index contributed by atoms with van der Waals surface area (Å²) in [5.41, 5.74) is -0.919. The molecule has 2 N–H and O–H groups in total. The molecule has 0 aliphatic carbocycles. The van der Waals surface area contributed by atoms with Crippen molar-refractivity contribution in [2.75, 3.05) is 12.4 Å². The van der Waals surface area contributed by atoms with Gasteiger partial charge in [0.05, 0.1) is 24.7 Å². The highest BCUT2D eigenvalue weighted by molar-refractivity contribution is 5.96. The van der Waals surface area contributed by atoms with Crippen LogP contribution >= 0.6 is 0 Å². The molecule has 0 unspecified atom stereocenters. The van der Waals surface area contributed by atoms with Crippen LogP contribution in [0.4, 0.5) is 5.82 Å². The third kappa shape index (κ3) is 2.21. The SMILES string of the molecule is COc1ccc(NC(=O)[C@@H]2[C@@H](C(=O)O)[C@H]3C=C[C@@]2(C)O3)nn1. The molecule has 4 atom stereocenters. The van der Waals surface area contributed by atoms with Crippen LogP contribution in [-0.4, -0.2) is 46.0 Å². The Morgan fingerprint density at radius 2 is 2.18 bits per heavy atom. The van der Waals surface area contributed by atoms with E-state index in [9.17, 15) is 14.7 Å². The van der Waals surface area contributed by atoms with Crippen molar-refractivity contribution in [3.05, 3.63) is 24.3 Å². The fraction of sp³-hybridized carbons (Fsp3) is 0.429. The highest BCUT2D eigenvalue weighted by atomic mass is 16.5. The summed E-state index contributed by atoms with van der Waals surface area (Å²) in [7, 11) is 1.46. The lowest BCUT2D eigenvalue weighted by atomic mass is 9.76. The van der Waals surface area contributed by atoms with Crippen molar-refractivity contribution in [1.82, 2.24) is 10.2 Å². The summed E-state index contributed by atoms with van der Waals surface area (Å²) in [6, 6.07) is 3.09. The molecule has 1 aromatic heterocycles. The number of rotatable bonds is 4. The van der Waals surface area contributed by atoms with E-state index < -0.39 is 35.4 Å². The van der Waals surface area contributed by atoms with Crippen molar-refractivity contribution in [3.63, 3.8) is 0 Å². The first-order chi connectivity index (χ1) is 10.4. The van der Waals surface area contributed by atoms with Crippen molar-refractivity contribution in [2.24, 2.45) is 11.8 Å². The minimum absolute atomic E-state index is 0.227. The van der Waals surface area contributed by atoms with Crippen LogP contribution in [0.3, 0.4) is 0 Å². The van der Waals surface area contributed by atoms with Gasteiger partial charge in [0.1, 0.15) is 5.92 Å². The molecule has 116 valence electrons. The van der Waals surface area contributed by atoms with Crippen molar-refractivity contribution in [2.45, 2.75) is 18.6 Å². The van der Waals surface area contributed by atoms with Gasteiger partial charge in [0, 0.05) is 6.07 Å². The van der Waals surface area contributed by atoms with Crippen LogP contribution in [0.25, 0.3) is 0 Å². The van der Waals surface area contributed by atoms with Gasteiger partial charge in [-0.25, -0.2) is 0 Å². The largest absolute Gasteiger partial charge is 0.481 e. The third-order valence-corrected chi connectivity index (χ3v) is 4.01. The Morgan fingerprint density at radius 3 is 2.77 bits per heavy atom. The minimum atomic E-state index is -1.06. The van der Waals surface area contributed by atoms with Gasteiger partial charge in [0.15, 0.2) is 5.82 Å². The van der Waals surface area contributed by atoms with Gasteiger partial charge in [-0.1, -0.05) is 12.2 Å². The van der Waals surface area contributed by atoms with Gasteiger partial charge in [0.2, 0.25) is 11.8 Å². The van der Waals surface area contributed by atoms with E-state index in [-0.39, 0.29) is 5.82 Å². The molecule has 8 heteroatoms. The van der Waals surface area contributed by atoms with E-state index in [1.807, 2.05) is 0 Å². The standard InChI is InChI=1S/C14H15N3O5/c1-14-6-5-7(22-14)10(13(19)20)11(14)12(18)15-8-3-4-9(21-2)17-16-8/h3-7,10-11H,1-2H3,(H,19,20)(H,15,16,18)/t7-,10+,11+,14-/m1/s1. The summed E-state index contributed by atoms with van der Waals surface area (Å²) in [5.74, 6) is -2.71. The molecular weight excluding hydrogens is 290 g/mol. The Morgan fingerprint density at radius 1 is 1.41 bits per heavy atom. The Kier molecular flexibility index (Phi) is 3.32. The number of methoxy groups -OCH3 is 1. The molecule has 8 nitrogen and oxygen atoms in total. The van der Waals surface area contributed by atoms with E-state index in [4.69, 9.17) is 9.47 Å². The molecule has 3 rings (SSSR count). The number of carboxylic acid groups (broad SMARTS) is 1. The monoisotopic (exact) mass is 305 g/mol. The quantitative estimate of drug-likeness (QED) is 0.778. The third-order valence-electron chi connectivity index (χ3n) is 4.01. The highest BCUT2D eigenvalue weighted by Gasteiger charge is 2.59. The molecule has 1 saturated heterocycles. The molecule has 1 fully saturated rings. The molecule has 2 aliphatic heterocycles. The lowest BCUT2D eigenvalue weighted by Gasteiger charge is -2.27. The Hall–Kier alpha value is -2.48. The fourth-order valence-electron chi connectivity index (χ4n) is 2.98. The van der Waals surface area contributed by atoms with E-state index in [2.05, 4.69) is 15.5 Å². The number of carbonyl (C=O) groups excluding carboxylic acids is 1. The van der Waals surface area contributed by atoms with Gasteiger partial charge in [-0.2, -0.15) is 0 Å². The second kappa shape index (κ2) is 5.06. The molecule has 0 saturated carbocycles. The Labute approximate surface area is 126 Å². The topological polar surface area (TPSA) is 111 Å². The molecule has 2 bridgehead atoms. The number of hydrogen-bond donors (Lipinski definition) is 2. The number of anilines is 1. The highest BCUT2D eigenvalue weighted by Crippen LogP contribution is 2.47. The number of carbonyl (C=O) groups is 2. The van der Waals surface area contributed by atoms with E-state index >= 15 is 0 Å². The Balaban J connectivity index is 1.81. The summed E-state index contributed by atoms with van der Waals surface area (Å²) in [6.07, 6.45) is 2.84. The van der Waals surface area contributed by atoms with Gasteiger partial charge in [-0.05, 0) is 13.0 Å². The van der Waals surface area contributed by atoms with Gasteiger partial charge in [-0.15, -0.1) is 10.2 Å². The molecule has 0 spiro atoms. The molecule has 0 radical (unpaired) electrons. The van der Waals surface area contributed by atoms with Crippen molar-refractivity contribution < 1.29 is 24.2 Å². The summed E-state index contributed by atoms with van der Waals surface area (Å²) in [4.78, 5) is 23.9. The minimum Gasteiger partial charge on any atom is -0.481 e. The zero-order valence-electron chi connectivity index (χ0n) is 12.0. The van der Waals surface area contributed by atoms with E-state index in [0.717, 1.165) is 0 Å². The van der Waals surface area contributed by atoms with Crippen molar-refractivity contribution >= 4 is 17.7 Å². The van der Waals surface area contributed by atoms with E-state index in [1.54, 1.807) is 25.1 Å². The fourth-order valence-corrected chi connectivity index (χ4v) is 2.98. The van der Waals surface area contributed by atoms with Crippen LogP contribution in [0, 0.1) is 11.8 Å². The first-order valence-electron chi connectivity index (χ1n) is 6.73. The molecule has 3 heterocycles. The smallest absolute Gasteiger partial charge is 0.310 e. The van der Waals surface area contributed by atoms with Gasteiger partial charge < -0.3 is 19.9 Å². The number of aromatic nitrogens is 2. The average Bonchev–Trinajstić information content (AvgIpc) is 3.01. The number of hydrogen-bond acceptors (Lipinski definition) is 6. The summed E-state index contributed by atoms with van der Waals surface area (Å²) in [5, 5.41) is 19.5. The summed E-state index contributed by atoms with van der Waals surface area (Å²) in [6.45, 7) is 1.70. The lowest BCUT2D eigenvalue weighted by molar-refractivity contribution is -0.146. The Bertz CT molecular complexity index is 644. The van der Waals surface area contributed by atoms with Crippen LogP contribution in [-0.2, 0) is 14.3 Å². The molecule has 2 aliphatic rings. The average molecular weight is 305 g/mol. The normalized spacial score (nSPS) is 32.0. The van der Waals surface area contributed by atoms with Gasteiger partial charge in [0.25, 0.3) is 0 Å². The van der Waals surface area contributed by atoms with Crippen LogP contribution in [0.1, 0.15) is 6.92 Å². The summed E-state index contributed by atoms with van der Waals surface area (Å²) >= 11 is 0. The maximum atomic E-state index is 12.5. The first kappa shape index (κ1) is 14.5. The number of nitrogens with one attached hydrogen (secondary N) is 1. The molecule has 1 amide bonds. The van der Waals surface area contributed by atoms with Crippen LogP contribution in [0.15, 0.2) is 24.3 Å². The second-order valence-corrected chi connectivity index (χ2v) is 5.42. The molecule has 22 heavy (non-hydrogen) atoms. The molecule has 1 aromatic rings. The maximum Gasteiger partial charge on any atom is 0.310 e. The summed E-state index contributed by atoms with van der Waals surface area (Å²) < 4.78 is 10.5. The van der Waals surface area contributed by atoms with Gasteiger partial charge in [-0.3, -0.25) is 9.59 Å². The van der Waals surface area contributed by atoms with Crippen molar-refractivity contribution in [1.29, 1.82) is 0 Å². The number of fused-ring (bicyclic) bond motifs is 2. The first-order valence-corrected chi connectivity index (χ1v) is 6.73. The number of nitrogens with zero attached hydrogens (tertiary/aromatic N) is 2. The van der Waals surface area contributed by atoms with E-state index in [1.165, 1.54) is 13.2 Å². The van der Waals surface area contributed by atoms with Crippen LogP contribution < -0.4 is 10.1 Å². The predicted molar refractivity (Wildman–Crippen MR) is 74.2 cm³/mol. The number of carboxylic acids is 1. The van der Waals surface area contributed by atoms with Crippen molar-refractivity contribution in [3.8, 4) is 5.88 Å². The molecule has 0 aromatic carbocycles. The van der Waals surface area contributed by atoms with Crippen LogP contribution in [0.5, 0.6) is 5.88 Å². The second-order valence-electron chi connectivity index (χ2n) is 5.42. The van der Waals surface area contributed by atoms with Gasteiger partial charge >= 0.3 is 5.97 Å². The number of ether oxygens (including phenoxy) is 2. The lowest BCUT2D eigenvalue weighted by Crippen LogP contribution is -2.44. The van der Waals surface area contributed by atoms with E-state index in [0.29, 0.717) is 5.88 Å². The maximum absolute atomic E-state index is 12.5. The number of aliphatic carboxylic acids is 1. The van der Waals surface area contributed by atoms with Crippen LogP contribution in [0.2, 0.25) is 0 Å². The molecular formula is C14H15N3O5. The zero-order chi connectivity index (χ0) is 15.9. The predicted octanol–water partition coefficient (Wildman–Crippen LogP) is 0.468.